The number of benzene rings is 1. The number of hydrogen-bond acceptors (Lipinski definition) is 2. The number of ether oxygens (including phenoxy) is 1. The molecule has 0 heterocycles. The molecule has 2 N–H and O–H groups in total. The van der Waals surface area contributed by atoms with E-state index < -0.39 is 0 Å². The van der Waals surface area contributed by atoms with Crippen molar-refractivity contribution in [2.45, 2.75) is 52.5 Å². The van der Waals surface area contributed by atoms with Gasteiger partial charge in [-0.15, -0.1) is 0 Å². The van der Waals surface area contributed by atoms with Crippen molar-refractivity contribution < 1.29 is 4.74 Å². The second kappa shape index (κ2) is 8.15. The van der Waals surface area contributed by atoms with Crippen LogP contribution in [0.15, 0.2) is 24.3 Å². The van der Waals surface area contributed by atoms with Crippen LogP contribution in [-0.4, -0.2) is 12.6 Å². The van der Waals surface area contributed by atoms with E-state index in [1.54, 1.807) is 0 Å². The molecular formula is C16H27NO. The van der Waals surface area contributed by atoms with Gasteiger partial charge in [-0.3, -0.25) is 0 Å². The van der Waals surface area contributed by atoms with E-state index in [-0.39, 0.29) is 0 Å². The molecule has 1 aromatic carbocycles. The summed E-state index contributed by atoms with van der Waals surface area (Å²) in [6, 6.07) is 8.69. The summed E-state index contributed by atoms with van der Waals surface area (Å²) < 4.78 is 5.85. The Morgan fingerprint density at radius 3 is 2.61 bits per heavy atom. The van der Waals surface area contributed by atoms with Crippen molar-refractivity contribution in [1.82, 2.24) is 0 Å². The molecule has 102 valence electrons. The fraction of sp³-hybridized carbons (Fsp3) is 0.625. The number of para-hydroxylation sites is 1. The average Bonchev–Trinajstić information content (AvgIpc) is 2.37. The van der Waals surface area contributed by atoms with Crippen LogP contribution in [0.2, 0.25) is 0 Å². The van der Waals surface area contributed by atoms with Crippen molar-refractivity contribution in [3.8, 4) is 5.75 Å². The first-order valence-electron chi connectivity index (χ1n) is 7.09. The fourth-order valence-corrected chi connectivity index (χ4v) is 1.87. The zero-order valence-electron chi connectivity index (χ0n) is 12.0. The van der Waals surface area contributed by atoms with Crippen molar-refractivity contribution in [2.24, 2.45) is 11.7 Å². The minimum atomic E-state index is 0.341. The molecule has 0 saturated carbocycles. The van der Waals surface area contributed by atoms with Crippen molar-refractivity contribution in [2.75, 3.05) is 6.61 Å². The second-order valence-electron chi connectivity index (χ2n) is 5.37. The molecule has 2 nitrogen and oxygen atoms in total. The first kappa shape index (κ1) is 15.0. The van der Waals surface area contributed by atoms with E-state index in [4.69, 9.17) is 10.5 Å². The zero-order valence-corrected chi connectivity index (χ0v) is 12.0. The quantitative estimate of drug-likeness (QED) is 0.761. The van der Waals surface area contributed by atoms with Gasteiger partial charge in [0.25, 0.3) is 0 Å². The Balaban J connectivity index is 2.48. The third-order valence-corrected chi connectivity index (χ3v) is 3.09. The van der Waals surface area contributed by atoms with Gasteiger partial charge >= 0.3 is 0 Å². The van der Waals surface area contributed by atoms with Gasteiger partial charge in [-0.2, -0.15) is 0 Å². The van der Waals surface area contributed by atoms with Crippen LogP contribution in [0, 0.1) is 5.92 Å². The summed E-state index contributed by atoms with van der Waals surface area (Å²) in [6.45, 7) is 7.27. The van der Waals surface area contributed by atoms with Gasteiger partial charge in [-0.1, -0.05) is 39.0 Å². The van der Waals surface area contributed by atoms with Crippen LogP contribution in [0.25, 0.3) is 0 Å². The standard InChI is InChI=1S/C16H27NO/c1-4-15(17)10-7-9-14-8-5-6-11-16(14)18-12-13(2)3/h5-6,8,11,13,15H,4,7,9-10,12,17H2,1-3H3. The summed E-state index contributed by atoms with van der Waals surface area (Å²) in [5.41, 5.74) is 7.25. The average molecular weight is 249 g/mol. The van der Waals surface area contributed by atoms with Gasteiger partial charge in [0.1, 0.15) is 5.75 Å². The van der Waals surface area contributed by atoms with Crippen LogP contribution in [0.1, 0.15) is 45.6 Å². The van der Waals surface area contributed by atoms with E-state index in [2.05, 4.69) is 39.0 Å². The summed E-state index contributed by atoms with van der Waals surface area (Å²) in [4.78, 5) is 0. The Morgan fingerprint density at radius 2 is 1.94 bits per heavy atom. The minimum Gasteiger partial charge on any atom is -0.493 e. The van der Waals surface area contributed by atoms with Gasteiger partial charge in [-0.05, 0) is 43.2 Å². The van der Waals surface area contributed by atoms with E-state index in [0.29, 0.717) is 12.0 Å². The summed E-state index contributed by atoms with van der Waals surface area (Å²) >= 11 is 0. The topological polar surface area (TPSA) is 35.2 Å². The minimum absolute atomic E-state index is 0.341. The monoisotopic (exact) mass is 249 g/mol. The summed E-state index contributed by atoms with van der Waals surface area (Å²) in [7, 11) is 0. The van der Waals surface area contributed by atoms with E-state index in [0.717, 1.165) is 38.0 Å². The number of rotatable bonds is 8. The second-order valence-corrected chi connectivity index (χ2v) is 5.37. The third-order valence-electron chi connectivity index (χ3n) is 3.09. The van der Waals surface area contributed by atoms with E-state index >= 15 is 0 Å². The van der Waals surface area contributed by atoms with E-state index in [1.807, 2.05) is 6.07 Å². The molecule has 0 aliphatic heterocycles. The molecule has 1 atom stereocenters. The molecule has 0 bridgehead atoms. The van der Waals surface area contributed by atoms with Crippen molar-refractivity contribution in [3.63, 3.8) is 0 Å². The van der Waals surface area contributed by atoms with E-state index in [1.165, 1.54) is 5.56 Å². The highest BCUT2D eigenvalue weighted by Gasteiger charge is 2.05. The van der Waals surface area contributed by atoms with Crippen LogP contribution in [0.4, 0.5) is 0 Å². The highest BCUT2D eigenvalue weighted by Crippen LogP contribution is 2.21. The molecule has 0 fully saturated rings. The van der Waals surface area contributed by atoms with Gasteiger partial charge in [-0.25, -0.2) is 0 Å². The molecule has 18 heavy (non-hydrogen) atoms. The molecule has 1 unspecified atom stereocenters. The smallest absolute Gasteiger partial charge is 0.122 e. The number of aryl methyl sites for hydroxylation is 1. The van der Waals surface area contributed by atoms with Crippen molar-refractivity contribution in [3.05, 3.63) is 29.8 Å². The largest absolute Gasteiger partial charge is 0.493 e. The van der Waals surface area contributed by atoms with E-state index in [9.17, 15) is 0 Å². The Labute approximate surface area is 112 Å². The lowest BCUT2D eigenvalue weighted by atomic mass is 10.0. The van der Waals surface area contributed by atoms with Crippen LogP contribution in [0.3, 0.4) is 0 Å². The summed E-state index contributed by atoms with van der Waals surface area (Å²) in [6.07, 6.45) is 4.35. The van der Waals surface area contributed by atoms with Crippen molar-refractivity contribution >= 4 is 0 Å². The summed E-state index contributed by atoms with van der Waals surface area (Å²) in [5.74, 6) is 1.60. The van der Waals surface area contributed by atoms with Gasteiger partial charge in [0, 0.05) is 6.04 Å². The first-order chi connectivity index (χ1) is 8.63. The van der Waals surface area contributed by atoms with Crippen LogP contribution < -0.4 is 10.5 Å². The predicted molar refractivity (Wildman–Crippen MR) is 78.0 cm³/mol. The third kappa shape index (κ3) is 5.54. The SMILES string of the molecule is CCC(N)CCCc1ccccc1OCC(C)C. The molecule has 0 aliphatic carbocycles. The fourth-order valence-electron chi connectivity index (χ4n) is 1.87. The Kier molecular flexibility index (Phi) is 6.81. The van der Waals surface area contributed by atoms with Gasteiger partial charge in [0.2, 0.25) is 0 Å². The van der Waals surface area contributed by atoms with Gasteiger partial charge < -0.3 is 10.5 Å². The van der Waals surface area contributed by atoms with Crippen LogP contribution >= 0.6 is 0 Å². The van der Waals surface area contributed by atoms with Crippen LogP contribution in [0.5, 0.6) is 5.75 Å². The Hall–Kier alpha value is -1.02. The maximum atomic E-state index is 5.94. The Morgan fingerprint density at radius 1 is 1.22 bits per heavy atom. The molecule has 0 radical (unpaired) electrons. The maximum Gasteiger partial charge on any atom is 0.122 e. The maximum absolute atomic E-state index is 5.94. The number of hydrogen-bond donors (Lipinski definition) is 1. The number of nitrogens with two attached hydrogens (primary N) is 1. The molecule has 2 heteroatoms. The molecule has 1 rings (SSSR count). The molecular weight excluding hydrogens is 222 g/mol. The lowest BCUT2D eigenvalue weighted by Gasteiger charge is -2.14. The highest BCUT2D eigenvalue weighted by molar-refractivity contribution is 5.33. The molecule has 0 aromatic heterocycles. The van der Waals surface area contributed by atoms with Gasteiger partial charge in [0.15, 0.2) is 0 Å². The normalized spacial score (nSPS) is 12.7. The molecule has 0 amide bonds. The molecule has 1 aromatic rings. The van der Waals surface area contributed by atoms with Gasteiger partial charge in [0.05, 0.1) is 6.61 Å². The van der Waals surface area contributed by atoms with Crippen LogP contribution in [-0.2, 0) is 6.42 Å². The molecule has 0 aliphatic rings. The summed E-state index contributed by atoms with van der Waals surface area (Å²) in [5, 5.41) is 0. The molecule has 0 spiro atoms. The Bertz CT molecular complexity index is 336. The lowest BCUT2D eigenvalue weighted by Crippen LogP contribution is -2.18. The zero-order chi connectivity index (χ0) is 13.4. The first-order valence-corrected chi connectivity index (χ1v) is 7.09. The van der Waals surface area contributed by atoms with Crippen molar-refractivity contribution in [1.29, 1.82) is 0 Å². The lowest BCUT2D eigenvalue weighted by molar-refractivity contribution is 0.268. The highest BCUT2D eigenvalue weighted by atomic mass is 16.5. The molecule has 0 saturated heterocycles. The predicted octanol–water partition coefficient (Wildman–Crippen LogP) is 3.78.